The van der Waals surface area contributed by atoms with Crippen molar-refractivity contribution in [3.63, 3.8) is 0 Å². The molecule has 1 aromatic rings. The van der Waals surface area contributed by atoms with Gasteiger partial charge in [-0.2, -0.15) is 0 Å². The number of benzene rings is 1. The standard InChI is InChI=1S/C15H24N2/c1-3-9-17(10-4-2)12-14-11-13-7-5-6-8-15(13)16-14/h5-8,14,16H,3-4,9-12H2,1-2H3. The second-order valence-corrected chi connectivity index (χ2v) is 5.00. The van der Waals surface area contributed by atoms with Crippen molar-refractivity contribution in [2.45, 2.75) is 39.2 Å². The van der Waals surface area contributed by atoms with Crippen LogP contribution in [0.1, 0.15) is 32.3 Å². The Morgan fingerprint density at radius 1 is 1.18 bits per heavy atom. The fraction of sp³-hybridized carbons (Fsp3) is 0.600. The lowest BCUT2D eigenvalue weighted by molar-refractivity contribution is 0.264. The molecule has 0 radical (unpaired) electrons. The van der Waals surface area contributed by atoms with Gasteiger partial charge in [0, 0.05) is 18.3 Å². The second-order valence-electron chi connectivity index (χ2n) is 5.00. The summed E-state index contributed by atoms with van der Waals surface area (Å²) < 4.78 is 0. The number of fused-ring (bicyclic) bond motifs is 1. The first-order chi connectivity index (χ1) is 8.33. The number of nitrogens with zero attached hydrogens (tertiary/aromatic N) is 1. The summed E-state index contributed by atoms with van der Waals surface area (Å²) in [6, 6.07) is 9.29. The van der Waals surface area contributed by atoms with Crippen molar-refractivity contribution in [1.82, 2.24) is 4.90 Å². The van der Waals surface area contributed by atoms with E-state index in [1.165, 1.54) is 50.1 Å². The minimum atomic E-state index is 0.602. The smallest absolute Gasteiger partial charge is 0.0429 e. The molecule has 0 fully saturated rings. The molecule has 0 amide bonds. The van der Waals surface area contributed by atoms with Crippen molar-refractivity contribution in [2.75, 3.05) is 25.0 Å². The fourth-order valence-corrected chi connectivity index (χ4v) is 2.72. The molecule has 0 aromatic heterocycles. The molecule has 0 aliphatic carbocycles. The molecule has 0 saturated carbocycles. The number of anilines is 1. The van der Waals surface area contributed by atoms with Crippen molar-refractivity contribution in [2.24, 2.45) is 0 Å². The quantitative estimate of drug-likeness (QED) is 0.810. The molecule has 0 spiro atoms. The van der Waals surface area contributed by atoms with E-state index in [2.05, 4.69) is 48.3 Å². The van der Waals surface area contributed by atoms with E-state index in [4.69, 9.17) is 0 Å². The third-order valence-electron chi connectivity index (χ3n) is 3.40. The van der Waals surface area contributed by atoms with E-state index in [0.717, 1.165) is 0 Å². The molecule has 1 aliphatic rings. The maximum absolute atomic E-state index is 3.64. The molecule has 0 bridgehead atoms. The normalized spacial score (nSPS) is 18.2. The second kappa shape index (κ2) is 6.06. The predicted octanol–water partition coefficient (Wildman–Crippen LogP) is 3.15. The summed E-state index contributed by atoms with van der Waals surface area (Å²) in [5, 5.41) is 3.64. The zero-order valence-electron chi connectivity index (χ0n) is 11.1. The first-order valence-corrected chi connectivity index (χ1v) is 6.90. The van der Waals surface area contributed by atoms with Gasteiger partial charge < -0.3 is 10.2 Å². The lowest BCUT2D eigenvalue weighted by Crippen LogP contribution is -2.36. The molecule has 2 heteroatoms. The van der Waals surface area contributed by atoms with Gasteiger partial charge >= 0.3 is 0 Å². The van der Waals surface area contributed by atoms with E-state index < -0.39 is 0 Å². The Morgan fingerprint density at radius 3 is 2.53 bits per heavy atom. The van der Waals surface area contributed by atoms with Crippen molar-refractivity contribution < 1.29 is 0 Å². The molecule has 1 atom stereocenters. The van der Waals surface area contributed by atoms with Gasteiger partial charge in [0.2, 0.25) is 0 Å². The van der Waals surface area contributed by atoms with E-state index in [1.54, 1.807) is 0 Å². The van der Waals surface area contributed by atoms with E-state index >= 15 is 0 Å². The summed E-state index contributed by atoms with van der Waals surface area (Å²) in [6.07, 6.45) is 3.68. The topological polar surface area (TPSA) is 15.3 Å². The summed E-state index contributed by atoms with van der Waals surface area (Å²) in [7, 11) is 0. The van der Waals surface area contributed by atoms with Crippen LogP contribution in [0.3, 0.4) is 0 Å². The maximum Gasteiger partial charge on any atom is 0.0429 e. The third-order valence-corrected chi connectivity index (χ3v) is 3.40. The average molecular weight is 232 g/mol. The van der Waals surface area contributed by atoms with Crippen LogP contribution in [-0.2, 0) is 6.42 Å². The molecule has 17 heavy (non-hydrogen) atoms. The molecule has 94 valence electrons. The highest BCUT2D eigenvalue weighted by atomic mass is 15.1. The highest BCUT2D eigenvalue weighted by Crippen LogP contribution is 2.25. The summed E-state index contributed by atoms with van der Waals surface area (Å²) in [4.78, 5) is 2.59. The zero-order chi connectivity index (χ0) is 12.1. The summed E-state index contributed by atoms with van der Waals surface area (Å²) >= 11 is 0. The molecule has 2 rings (SSSR count). The molecule has 1 heterocycles. The summed E-state index contributed by atoms with van der Waals surface area (Å²) in [5.41, 5.74) is 2.82. The lowest BCUT2D eigenvalue weighted by Gasteiger charge is -2.24. The van der Waals surface area contributed by atoms with Crippen LogP contribution in [0.25, 0.3) is 0 Å². The lowest BCUT2D eigenvalue weighted by atomic mass is 10.1. The highest BCUT2D eigenvalue weighted by Gasteiger charge is 2.21. The number of nitrogens with one attached hydrogen (secondary N) is 1. The number of hydrogen-bond donors (Lipinski definition) is 1. The van der Waals surface area contributed by atoms with Crippen LogP contribution in [0.5, 0.6) is 0 Å². The van der Waals surface area contributed by atoms with Crippen LogP contribution in [0.15, 0.2) is 24.3 Å². The van der Waals surface area contributed by atoms with Crippen LogP contribution in [0.2, 0.25) is 0 Å². The maximum atomic E-state index is 3.64. The highest BCUT2D eigenvalue weighted by molar-refractivity contribution is 5.56. The van der Waals surface area contributed by atoms with Crippen LogP contribution in [-0.4, -0.2) is 30.6 Å². The molecule has 1 aliphatic heterocycles. The van der Waals surface area contributed by atoms with Gasteiger partial charge in [-0.25, -0.2) is 0 Å². The Bertz CT molecular complexity index is 318. The van der Waals surface area contributed by atoms with Crippen LogP contribution in [0.4, 0.5) is 5.69 Å². The van der Waals surface area contributed by atoms with E-state index in [9.17, 15) is 0 Å². The molecular weight excluding hydrogens is 208 g/mol. The van der Waals surface area contributed by atoms with Crippen LogP contribution in [0, 0.1) is 0 Å². The Morgan fingerprint density at radius 2 is 1.88 bits per heavy atom. The van der Waals surface area contributed by atoms with Crippen molar-refractivity contribution in [1.29, 1.82) is 0 Å². The fourth-order valence-electron chi connectivity index (χ4n) is 2.72. The van der Waals surface area contributed by atoms with Gasteiger partial charge in [0.05, 0.1) is 0 Å². The van der Waals surface area contributed by atoms with Crippen molar-refractivity contribution in [3.8, 4) is 0 Å². The SMILES string of the molecule is CCCN(CCC)CC1Cc2ccccc2N1. The van der Waals surface area contributed by atoms with Crippen molar-refractivity contribution >= 4 is 5.69 Å². The Kier molecular flexibility index (Phi) is 4.43. The van der Waals surface area contributed by atoms with Gasteiger partial charge in [-0.15, -0.1) is 0 Å². The molecule has 1 aromatic carbocycles. The predicted molar refractivity (Wildman–Crippen MR) is 74.6 cm³/mol. The first kappa shape index (κ1) is 12.4. The van der Waals surface area contributed by atoms with Gasteiger partial charge in [0.15, 0.2) is 0 Å². The Labute approximate surface area is 105 Å². The van der Waals surface area contributed by atoms with Gasteiger partial charge in [0.25, 0.3) is 0 Å². The van der Waals surface area contributed by atoms with Crippen LogP contribution >= 0.6 is 0 Å². The van der Waals surface area contributed by atoms with Gasteiger partial charge in [0.1, 0.15) is 0 Å². The Balaban J connectivity index is 1.89. The van der Waals surface area contributed by atoms with E-state index in [1.807, 2.05) is 0 Å². The average Bonchev–Trinajstić information content (AvgIpc) is 2.71. The summed E-state index contributed by atoms with van der Waals surface area (Å²) in [5.74, 6) is 0. The molecule has 2 nitrogen and oxygen atoms in total. The number of hydrogen-bond acceptors (Lipinski definition) is 2. The first-order valence-electron chi connectivity index (χ1n) is 6.90. The van der Waals surface area contributed by atoms with Gasteiger partial charge in [-0.3, -0.25) is 0 Å². The van der Waals surface area contributed by atoms with Crippen LogP contribution < -0.4 is 5.32 Å². The zero-order valence-corrected chi connectivity index (χ0v) is 11.1. The van der Waals surface area contributed by atoms with E-state index in [0.29, 0.717) is 6.04 Å². The molecule has 1 N–H and O–H groups in total. The van der Waals surface area contributed by atoms with Crippen molar-refractivity contribution in [3.05, 3.63) is 29.8 Å². The molecule has 1 unspecified atom stereocenters. The largest absolute Gasteiger partial charge is 0.380 e. The Hall–Kier alpha value is -1.02. The summed E-state index contributed by atoms with van der Waals surface area (Å²) in [6.45, 7) is 8.15. The minimum Gasteiger partial charge on any atom is -0.380 e. The number of para-hydroxylation sites is 1. The minimum absolute atomic E-state index is 0.602. The van der Waals surface area contributed by atoms with E-state index in [-0.39, 0.29) is 0 Å². The van der Waals surface area contributed by atoms with Gasteiger partial charge in [-0.05, 0) is 44.0 Å². The molecule has 0 saturated heterocycles. The monoisotopic (exact) mass is 232 g/mol. The van der Waals surface area contributed by atoms with Gasteiger partial charge in [-0.1, -0.05) is 32.0 Å². The number of rotatable bonds is 6. The third kappa shape index (κ3) is 3.22. The molecular formula is C15H24N2.